The van der Waals surface area contributed by atoms with Crippen molar-refractivity contribution in [1.29, 1.82) is 0 Å². The Labute approximate surface area is 91.6 Å². The highest BCUT2D eigenvalue weighted by Gasteiger charge is 2.08. The van der Waals surface area contributed by atoms with Crippen LogP contribution in [0.1, 0.15) is 5.56 Å². The molecule has 0 aliphatic heterocycles. The molecular formula is C7H6BCl3N2. The topological polar surface area (TPSA) is 38.4 Å². The van der Waals surface area contributed by atoms with Gasteiger partial charge < -0.3 is 5.73 Å². The summed E-state index contributed by atoms with van der Waals surface area (Å²) < 4.78 is 0. The van der Waals surface area contributed by atoms with E-state index in [1.807, 2.05) is 6.07 Å². The fourth-order valence-electron chi connectivity index (χ4n) is 0.840. The first-order chi connectivity index (χ1) is 6.11. The number of anilines is 1. The molecule has 0 aliphatic carbocycles. The molecule has 0 saturated carbocycles. The number of rotatable bonds is 2. The summed E-state index contributed by atoms with van der Waals surface area (Å²) in [6.07, 6.45) is 0. The van der Waals surface area contributed by atoms with E-state index in [9.17, 15) is 0 Å². The zero-order chi connectivity index (χ0) is 9.84. The number of para-hydroxylation sites is 1. The molecule has 2 nitrogen and oxygen atoms in total. The molecule has 1 rings (SSSR count). The van der Waals surface area contributed by atoms with Gasteiger partial charge in [0.1, 0.15) is 5.17 Å². The lowest BCUT2D eigenvalue weighted by Gasteiger charge is -2.02. The zero-order valence-corrected chi connectivity index (χ0v) is 8.81. The van der Waals surface area contributed by atoms with Crippen molar-refractivity contribution in [2.45, 2.75) is 0 Å². The number of nitrogens with two attached hydrogens (primary N) is 1. The third kappa shape index (κ3) is 3.10. The van der Waals surface area contributed by atoms with Crippen LogP contribution >= 0.6 is 34.5 Å². The molecule has 0 saturated heterocycles. The van der Waals surface area contributed by atoms with E-state index in [2.05, 4.69) is 4.90 Å². The summed E-state index contributed by atoms with van der Waals surface area (Å²) >= 11 is 16.7. The van der Waals surface area contributed by atoms with Crippen LogP contribution in [0.5, 0.6) is 0 Å². The number of hydrogen-bond donors (Lipinski definition) is 1. The molecule has 2 N–H and O–H groups in total. The summed E-state index contributed by atoms with van der Waals surface area (Å²) in [5.41, 5.74) is 5.96. The van der Waals surface area contributed by atoms with Gasteiger partial charge in [0, 0.05) is 11.3 Å². The third-order valence-corrected chi connectivity index (χ3v) is 1.89. The standard InChI is InChI=1S/C7H6BCl3N2/c9-7(13-8(10)11)5-3-1-2-4-6(5)12/h1-4H,12H2. The Morgan fingerprint density at radius 1 is 1.31 bits per heavy atom. The first-order valence-corrected chi connectivity index (χ1v) is 4.72. The molecule has 6 heteroatoms. The first-order valence-electron chi connectivity index (χ1n) is 3.47. The van der Waals surface area contributed by atoms with Crippen LogP contribution in [0.3, 0.4) is 0 Å². The third-order valence-electron chi connectivity index (χ3n) is 1.39. The molecule has 0 atom stereocenters. The Bertz CT molecular complexity index is 327. The fourth-order valence-corrected chi connectivity index (χ4v) is 1.40. The Morgan fingerprint density at radius 3 is 2.46 bits per heavy atom. The monoisotopic (exact) mass is 234 g/mol. The van der Waals surface area contributed by atoms with Gasteiger partial charge in [-0.25, -0.2) is 0 Å². The number of nitrogens with zero attached hydrogens (tertiary/aromatic N) is 1. The van der Waals surface area contributed by atoms with E-state index in [0.29, 0.717) is 11.3 Å². The van der Waals surface area contributed by atoms with Crippen LogP contribution in [0.25, 0.3) is 0 Å². The van der Waals surface area contributed by atoms with Crippen molar-refractivity contribution in [2.75, 3.05) is 5.73 Å². The van der Waals surface area contributed by atoms with Gasteiger partial charge in [-0.05, 0) is 12.1 Å². The van der Waals surface area contributed by atoms with Crippen LogP contribution in [-0.4, -0.2) is 10.8 Å². The first kappa shape index (κ1) is 10.7. The maximum atomic E-state index is 5.81. The van der Waals surface area contributed by atoms with Crippen LogP contribution in [0.4, 0.5) is 5.69 Å². The van der Waals surface area contributed by atoms with Crippen molar-refractivity contribution in [3.8, 4) is 0 Å². The highest BCUT2D eigenvalue weighted by atomic mass is 35.5. The van der Waals surface area contributed by atoms with Gasteiger partial charge in [0.05, 0.1) is 0 Å². The van der Waals surface area contributed by atoms with Gasteiger partial charge in [-0.1, -0.05) is 23.7 Å². The summed E-state index contributed by atoms with van der Waals surface area (Å²) in [6, 6.07) is 7.09. The second-order valence-corrected chi connectivity index (χ2v) is 3.69. The van der Waals surface area contributed by atoms with Crippen LogP contribution in [0.15, 0.2) is 29.2 Å². The van der Waals surface area contributed by atoms with Crippen LogP contribution < -0.4 is 5.73 Å². The molecule has 0 spiro atoms. The Hall–Kier alpha value is -0.375. The van der Waals surface area contributed by atoms with Crippen molar-refractivity contribution >= 4 is 51.1 Å². The van der Waals surface area contributed by atoms with Gasteiger partial charge in [0.25, 0.3) is 0 Å². The second-order valence-electron chi connectivity index (χ2n) is 2.28. The Kier molecular flexibility index (Phi) is 3.91. The maximum Gasteiger partial charge on any atom is 0.487 e. The molecule has 0 heterocycles. The van der Waals surface area contributed by atoms with Gasteiger partial charge in [-0.2, -0.15) is 0 Å². The molecule has 1 aromatic carbocycles. The molecular weight excluding hydrogens is 229 g/mol. The Balaban J connectivity index is 3.02. The average molecular weight is 235 g/mol. The largest absolute Gasteiger partial charge is 0.487 e. The molecule has 0 fully saturated rings. The highest BCUT2D eigenvalue weighted by molar-refractivity contribution is 7.33. The number of hydrogen-bond acceptors (Lipinski definition) is 2. The predicted octanol–water partition coefficient (Wildman–Crippen LogP) is 2.72. The van der Waals surface area contributed by atoms with Gasteiger partial charge in [0.2, 0.25) is 0 Å². The minimum absolute atomic E-state index is 0.216. The fraction of sp³-hybridized carbons (Fsp3) is 0. The van der Waals surface area contributed by atoms with Gasteiger partial charge >= 0.3 is 5.68 Å². The van der Waals surface area contributed by atoms with Gasteiger partial charge in [-0.3, -0.25) is 4.90 Å². The van der Waals surface area contributed by atoms with Crippen molar-refractivity contribution in [3.63, 3.8) is 0 Å². The van der Waals surface area contributed by atoms with Crippen LogP contribution in [0.2, 0.25) is 0 Å². The molecule has 13 heavy (non-hydrogen) atoms. The van der Waals surface area contributed by atoms with Crippen molar-refractivity contribution in [1.82, 2.24) is 0 Å². The number of benzene rings is 1. The van der Waals surface area contributed by atoms with Crippen LogP contribution in [-0.2, 0) is 0 Å². The SMILES string of the molecule is Nc1ccccc1C(Cl)=NB(Cl)Cl. The van der Waals surface area contributed by atoms with Crippen molar-refractivity contribution in [2.24, 2.45) is 4.90 Å². The summed E-state index contributed by atoms with van der Waals surface area (Å²) in [5, 5.41) is 0.216. The van der Waals surface area contributed by atoms with Crippen molar-refractivity contribution < 1.29 is 0 Å². The van der Waals surface area contributed by atoms with E-state index in [0.717, 1.165) is 0 Å². The molecule has 0 amide bonds. The average Bonchev–Trinajstić information content (AvgIpc) is 2.03. The molecule has 0 radical (unpaired) electrons. The van der Waals surface area contributed by atoms with Crippen LogP contribution in [0, 0.1) is 0 Å². The highest BCUT2D eigenvalue weighted by Crippen LogP contribution is 2.15. The van der Waals surface area contributed by atoms with Gasteiger partial charge in [-0.15, -0.1) is 22.9 Å². The minimum Gasteiger partial charge on any atom is -0.398 e. The van der Waals surface area contributed by atoms with Crippen molar-refractivity contribution in [3.05, 3.63) is 29.8 Å². The molecule has 0 bridgehead atoms. The summed E-state index contributed by atoms with van der Waals surface area (Å²) in [7, 11) is 0. The second kappa shape index (κ2) is 4.75. The van der Waals surface area contributed by atoms with E-state index >= 15 is 0 Å². The smallest absolute Gasteiger partial charge is 0.398 e. The van der Waals surface area contributed by atoms with E-state index in [-0.39, 0.29) is 5.17 Å². The maximum absolute atomic E-state index is 5.81. The molecule has 0 unspecified atom stereocenters. The quantitative estimate of drug-likeness (QED) is 0.478. The lowest BCUT2D eigenvalue weighted by atomic mass is 10.2. The molecule has 0 aliphatic rings. The lowest BCUT2D eigenvalue weighted by molar-refractivity contribution is 1.64. The number of nitrogen functional groups attached to an aromatic ring is 1. The minimum atomic E-state index is -0.868. The van der Waals surface area contributed by atoms with E-state index in [1.54, 1.807) is 18.2 Å². The van der Waals surface area contributed by atoms with E-state index in [4.69, 9.17) is 40.3 Å². The summed E-state index contributed by atoms with van der Waals surface area (Å²) in [6.45, 7) is 0. The number of halogens is 3. The lowest BCUT2D eigenvalue weighted by Crippen LogP contribution is -2.01. The normalized spacial score (nSPS) is 11.5. The molecule has 68 valence electrons. The Morgan fingerprint density at radius 2 is 1.92 bits per heavy atom. The molecule has 1 aromatic rings. The summed E-state index contributed by atoms with van der Waals surface area (Å²) in [4.78, 5) is 3.74. The van der Waals surface area contributed by atoms with E-state index in [1.165, 1.54) is 0 Å². The summed E-state index contributed by atoms with van der Waals surface area (Å²) in [5.74, 6) is 0. The molecule has 0 aromatic heterocycles. The predicted molar refractivity (Wildman–Crippen MR) is 60.7 cm³/mol. The van der Waals surface area contributed by atoms with E-state index < -0.39 is 5.68 Å². The zero-order valence-electron chi connectivity index (χ0n) is 6.55. The van der Waals surface area contributed by atoms with Gasteiger partial charge in [0.15, 0.2) is 0 Å².